The van der Waals surface area contributed by atoms with Crippen molar-refractivity contribution in [3.63, 3.8) is 0 Å². The maximum Gasteiger partial charge on any atom is 0.222 e. The predicted molar refractivity (Wildman–Crippen MR) is 66.7 cm³/mol. The number of hydrogen-bond acceptors (Lipinski definition) is 1. The molecular formula is C13H22ClNO. The molecule has 1 saturated carbocycles. The third kappa shape index (κ3) is 2.71. The van der Waals surface area contributed by atoms with Crippen LogP contribution < -0.4 is 0 Å². The van der Waals surface area contributed by atoms with E-state index in [0.717, 1.165) is 19.5 Å². The number of piperidine rings is 1. The summed E-state index contributed by atoms with van der Waals surface area (Å²) < 4.78 is 0. The Bertz CT molecular complexity index is 238. The van der Waals surface area contributed by atoms with E-state index in [1.807, 2.05) is 0 Å². The van der Waals surface area contributed by atoms with E-state index < -0.39 is 0 Å². The van der Waals surface area contributed by atoms with Crippen LogP contribution in [0.25, 0.3) is 0 Å². The Labute approximate surface area is 103 Å². The minimum Gasteiger partial charge on any atom is -0.343 e. The molecule has 0 aromatic heterocycles. The average molecular weight is 244 g/mol. The van der Waals surface area contributed by atoms with E-state index >= 15 is 0 Å². The van der Waals surface area contributed by atoms with Crippen molar-refractivity contribution in [2.75, 3.05) is 19.0 Å². The Kier molecular flexibility index (Phi) is 4.12. The van der Waals surface area contributed by atoms with Crippen LogP contribution in [-0.4, -0.2) is 29.8 Å². The van der Waals surface area contributed by atoms with E-state index in [9.17, 15) is 4.79 Å². The van der Waals surface area contributed by atoms with Gasteiger partial charge in [0.1, 0.15) is 0 Å². The van der Waals surface area contributed by atoms with Crippen molar-refractivity contribution >= 4 is 17.5 Å². The smallest absolute Gasteiger partial charge is 0.222 e. The molecule has 2 rings (SSSR count). The summed E-state index contributed by atoms with van der Waals surface area (Å²) in [6, 6.07) is 0. The number of rotatable bonds is 3. The lowest BCUT2D eigenvalue weighted by Gasteiger charge is -2.39. The van der Waals surface area contributed by atoms with Crippen molar-refractivity contribution in [1.29, 1.82) is 0 Å². The molecule has 1 saturated heterocycles. The van der Waals surface area contributed by atoms with Crippen LogP contribution >= 0.6 is 11.6 Å². The van der Waals surface area contributed by atoms with Crippen molar-refractivity contribution in [1.82, 2.24) is 4.90 Å². The molecule has 3 heteroatoms. The first-order valence-corrected chi connectivity index (χ1v) is 7.13. The van der Waals surface area contributed by atoms with Crippen LogP contribution in [0.2, 0.25) is 0 Å². The number of alkyl halides is 1. The van der Waals surface area contributed by atoms with Crippen molar-refractivity contribution < 1.29 is 4.79 Å². The highest BCUT2D eigenvalue weighted by molar-refractivity contribution is 6.17. The van der Waals surface area contributed by atoms with Gasteiger partial charge in [0.15, 0.2) is 0 Å². The first kappa shape index (κ1) is 12.2. The Morgan fingerprint density at radius 2 is 1.75 bits per heavy atom. The molecule has 1 heterocycles. The zero-order chi connectivity index (χ0) is 11.4. The third-order valence-electron chi connectivity index (χ3n) is 4.37. The van der Waals surface area contributed by atoms with E-state index in [0.29, 0.717) is 23.6 Å². The fourth-order valence-corrected chi connectivity index (χ4v) is 3.37. The standard InChI is InChI=1S/C13H22ClNO/c14-9-3-4-12(16)15-10-7-13(8-11-15)5-1-2-6-13/h1-11H2. The Morgan fingerprint density at radius 1 is 1.12 bits per heavy atom. The molecule has 1 amide bonds. The highest BCUT2D eigenvalue weighted by atomic mass is 35.5. The SMILES string of the molecule is O=C(CCCCl)N1CCC2(CCCC2)CC1. The number of carbonyl (C=O) groups is 1. The van der Waals surface area contributed by atoms with Gasteiger partial charge in [0, 0.05) is 25.4 Å². The number of carbonyl (C=O) groups excluding carboxylic acids is 1. The molecule has 2 fully saturated rings. The first-order chi connectivity index (χ1) is 7.76. The molecule has 16 heavy (non-hydrogen) atoms. The Hall–Kier alpha value is -0.240. The lowest BCUT2D eigenvalue weighted by molar-refractivity contribution is -0.133. The number of hydrogen-bond donors (Lipinski definition) is 0. The second-order valence-electron chi connectivity index (χ2n) is 5.38. The van der Waals surface area contributed by atoms with E-state index in [4.69, 9.17) is 11.6 Å². The largest absolute Gasteiger partial charge is 0.343 e. The Balaban J connectivity index is 1.78. The van der Waals surface area contributed by atoms with Gasteiger partial charge in [-0.2, -0.15) is 0 Å². The van der Waals surface area contributed by atoms with E-state index in [1.54, 1.807) is 0 Å². The predicted octanol–water partition coefficient (Wildman–Crippen LogP) is 3.19. The second-order valence-corrected chi connectivity index (χ2v) is 5.76. The van der Waals surface area contributed by atoms with Gasteiger partial charge in [0.05, 0.1) is 0 Å². The van der Waals surface area contributed by atoms with Gasteiger partial charge in [-0.25, -0.2) is 0 Å². The molecule has 0 atom stereocenters. The molecule has 1 spiro atoms. The maximum atomic E-state index is 11.8. The van der Waals surface area contributed by atoms with Crippen LogP contribution in [0.3, 0.4) is 0 Å². The van der Waals surface area contributed by atoms with Gasteiger partial charge in [-0.3, -0.25) is 4.79 Å². The number of likely N-dealkylation sites (tertiary alicyclic amines) is 1. The van der Waals surface area contributed by atoms with Gasteiger partial charge in [0.2, 0.25) is 5.91 Å². The number of amides is 1. The minimum absolute atomic E-state index is 0.313. The van der Waals surface area contributed by atoms with E-state index in [2.05, 4.69) is 4.90 Å². The van der Waals surface area contributed by atoms with Crippen LogP contribution in [-0.2, 0) is 4.79 Å². The molecule has 2 nitrogen and oxygen atoms in total. The summed E-state index contributed by atoms with van der Waals surface area (Å²) in [4.78, 5) is 13.9. The highest BCUT2D eigenvalue weighted by Crippen LogP contribution is 2.46. The van der Waals surface area contributed by atoms with Gasteiger partial charge >= 0.3 is 0 Å². The van der Waals surface area contributed by atoms with Crippen molar-refractivity contribution in [3.8, 4) is 0 Å². The van der Waals surface area contributed by atoms with E-state index in [-0.39, 0.29) is 0 Å². The summed E-state index contributed by atoms with van der Waals surface area (Å²) in [7, 11) is 0. The summed E-state index contributed by atoms with van der Waals surface area (Å²) >= 11 is 5.61. The molecule has 2 aliphatic rings. The molecular weight excluding hydrogens is 222 g/mol. The average Bonchev–Trinajstić information content (AvgIpc) is 2.75. The van der Waals surface area contributed by atoms with Crippen LogP contribution in [0.4, 0.5) is 0 Å². The maximum absolute atomic E-state index is 11.8. The molecule has 0 bridgehead atoms. The van der Waals surface area contributed by atoms with Gasteiger partial charge in [-0.15, -0.1) is 11.6 Å². The summed E-state index contributed by atoms with van der Waals surface area (Å²) in [5.74, 6) is 0.914. The molecule has 1 aliphatic carbocycles. The molecule has 0 N–H and O–H groups in total. The minimum atomic E-state index is 0.313. The van der Waals surface area contributed by atoms with Gasteiger partial charge < -0.3 is 4.90 Å². The highest BCUT2D eigenvalue weighted by Gasteiger charge is 2.37. The molecule has 92 valence electrons. The fourth-order valence-electron chi connectivity index (χ4n) is 3.23. The van der Waals surface area contributed by atoms with Gasteiger partial charge in [-0.1, -0.05) is 12.8 Å². The van der Waals surface area contributed by atoms with E-state index in [1.165, 1.54) is 38.5 Å². The molecule has 1 aliphatic heterocycles. The van der Waals surface area contributed by atoms with Crippen molar-refractivity contribution in [3.05, 3.63) is 0 Å². The summed E-state index contributed by atoms with van der Waals surface area (Å²) in [5.41, 5.74) is 0.614. The van der Waals surface area contributed by atoms with Gasteiger partial charge in [0.25, 0.3) is 0 Å². The second kappa shape index (κ2) is 5.39. The Morgan fingerprint density at radius 3 is 2.31 bits per heavy atom. The zero-order valence-electron chi connectivity index (χ0n) is 10.0. The normalized spacial score (nSPS) is 23.9. The van der Waals surface area contributed by atoms with Crippen LogP contribution in [0.5, 0.6) is 0 Å². The zero-order valence-corrected chi connectivity index (χ0v) is 10.8. The van der Waals surface area contributed by atoms with Crippen LogP contribution in [0, 0.1) is 5.41 Å². The van der Waals surface area contributed by atoms with Crippen LogP contribution in [0.15, 0.2) is 0 Å². The molecule has 0 unspecified atom stereocenters. The molecule has 0 aromatic rings. The topological polar surface area (TPSA) is 20.3 Å². The first-order valence-electron chi connectivity index (χ1n) is 6.60. The quantitative estimate of drug-likeness (QED) is 0.698. The number of nitrogens with zero attached hydrogens (tertiary/aromatic N) is 1. The molecule has 0 aromatic carbocycles. The van der Waals surface area contributed by atoms with Crippen molar-refractivity contribution in [2.24, 2.45) is 5.41 Å². The molecule has 0 radical (unpaired) electrons. The number of halogens is 1. The van der Waals surface area contributed by atoms with Crippen LogP contribution in [0.1, 0.15) is 51.4 Å². The third-order valence-corrected chi connectivity index (χ3v) is 4.63. The summed E-state index contributed by atoms with van der Waals surface area (Å²) in [5, 5.41) is 0. The monoisotopic (exact) mass is 243 g/mol. The lowest BCUT2D eigenvalue weighted by atomic mass is 9.77. The van der Waals surface area contributed by atoms with Gasteiger partial charge in [-0.05, 0) is 37.5 Å². The summed E-state index contributed by atoms with van der Waals surface area (Å²) in [6.45, 7) is 1.97. The lowest BCUT2D eigenvalue weighted by Crippen LogP contribution is -2.42. The summed E-state index contributed by atoms with van der Waals surface area (Å²) in [6.07, 6.45) is 9.53. The van der Waals surface area contributed by atoms with Crippen molar-refractivity contribution in [2.45, 2.75) is 51.4 Å². The fraction of sp³-hybridized carbons (Fsp3) is 0.923.